The Bertz CT molecular complexity index is 795. The Labute approximate surface area is 174 Å². The Hall–Kier alpha value is -2.33. The molecule has 2 fully saturated rings. The summed E-state index contributed by atoms with van der Waals surface area (Å²) in [6.07, 6.45) is 7.78. The molecule has 0 aromatic heterocycles. The number of piperidine rings is 1. The van der Waals surface area contributed by atoms with Gasteiger partial charge in [-0.05, 0) is 92.9 Å². The maximum atomic E-state index is 12.6. The molecule has 1 heterocycles. The van der Waals surface area contributed by atoms with Gasteiger partial charge in [0, 0.05) is 24.3 Å². The quantitative estimate of drug-likeness (QED) is 0.706. The van der Waals surface area contributed by atoms with Crippen molar-refractivity contribution in [3.8, 4) is 5.75 Å². The molecule has 1 N–H and O–H groups in total. The van der Waals surface area contributed by atoms with Gasteiger partial charge in [0.2, 0.25) is 0 Å². The molecule has 0 radical (unpaired) electrons. The highest BCUT2D eigenvalue weighted by Crippen LogP contribution is 2.25. The normalized spacial score (nSPS) is 20.5. The standard InChI is InChI=1S/C25H32N2O2/c1-19-5-4-16-27(17-19)18-20-8-10-21(11-9-20)25(28)26-22-12-14-24(15-13-22)29-23-6-2-3-7-23/h8-15,19,23H,2-7,16-18H2,1H3,(H,26,28)/t19-/m1/s1. The predicted octanol–water partition coefficient (Wildman–Crippen LogP) is 5.49. The number of likely N-dealkylation sites (tertiary alicyclic amines) is 1. The van der Waals surface area contributed by atoms with Gasteiger partial charge >= 0.3 is 0 Å². The average molecular weight is 393 g/mol. The van der Waals surface area contributed by atoms with E-state index in [0.717, 1.165) is 36.7 Å². The molecule has 2 aliphatic rings. The van der Waals surface area contributed by atoms with Crippen molar-refractivity contribution in [3.63, 3.8) is 0 Å². The maximum absolute atomic E-state index is 12.6. The second-order valence-electron chi connectivity index (χ2n) is 8.68. The Morgan fingerprint density at radius 1 is 1.00 bits per heavy atom. The first-order chi connectivity index (χ1) is 14.2. The minimum atomic E-state index is -0.0763. The van der Waals surface area contributed by atoms with E-state index in [1.165, 1.54) is 44.3 Å². The highest BCUT2D eigenvalue weighted by Gasteiger charge is 2.17. The number of rotatable bonds is 6. The molecule has 0 bridgehead atoms. The molecule has 2 aromatic carbocycles. The van der Waals surface area contributed by atoms with Gasteiger partial charge < -0.3 is 10.1 Å². The highest BCUT2D eigenvalue weighted by molar-refractivity contribution is 6.04. The van der Waals surface area contributed by atoms with Crippen LogP contribution in [-0.4, -0.2) is 30.0 Å². The number of carbonyl (C=O) groups excluding carboxylic acids is 1. The molecule has 4 heteroatoms. The lowest BCUT2D eigenvalue weighted by atomic mass is 9.99. The van der Waals surface area contributed by atoms with E-state index in [9.17, 15) is 4.79 Å². The van der Waals surface area contributed by atoms with E-state index in [2.05, 4.69) is 29.3 Å². The van der Waals surface area contributed by atoms with Gasteiger partial charge in [0.25, 0.3) is 5.91 Å². The first-order valence-corrected chi connectivity index (χ1v) is 11.0. The van der Waals surface area contributed by atoms with Gasteiger partial charge in [-0.2, -0.15) is 0 Å². The molecular weight excluding hydrogens is 360 g/mol. The topological polar surface area (TPSA) is 41.6 Å². The van der Waals surface area contributed by atoms with Crippen LogP contribution in [0.1, 0.15) is 61.4 Å². The van der Waals surface area contributed by atoms with E-state index < -0.39 is 0 Å². The van der Waals surface area contributed by atoms with Crippen molar-refractivity contribution in [2.45, 2.75) is 58.1 Å². The van der Waals surface area contributed by atoms with E-state index in [4.69, 9.17) is 4.74 Å². The third-order valence-corrected chi connectivity index (χ3v) is 6.08. The first-order valence-electron chi connectivity index (χ1n) is 11.0. The fourth-order valence-electron chi connectivity index (χ4n) is 4.47. The van der Waals surface area contributed by atoms with Crippen molar-refractivity contribution in [1.29, 1.82) is 0 Å². The summed E-state index contributed by atoms with van der Waals surface area (Å²) in [6.45, 7) is 5.64. The van der Waals surface area contributed by atoms with Crippen LogP contribution < -0.4 is 10.1 Å². The van der Waals surface area contributed by atoms with Crippen LogP contribution in [-0.2, 0) is 6.54 Å². The summed E-state index contributed by atoms with van der Waals surface area (Å²) < 4.78 is 5.99. The zero-order valence-corrected chi connectivity index (χ0v) is 17.4. The van der Waals surface area contributed by atoms with Crippen molar-refractivity contribution >= 4 is 11.6 Å². The number of benzene rings is 2. The first kappa shape index (κ1) is 20.0. The lowest BCUT2D eigenvalue weighted by Crippen LogP contribution is -2.33. The molecule has 1 aliphatic carbocycles. The van der Waals surface area contributed by atoms with Crippen LogP contribution in [0.5, 0.6) is 5.75 Å². The summed E-state index contributed by atoms with van der Waals surface area (Å²) in [4.78, 5) is 15.1. The van der Waals surface area contributed by atoms with Crippen LogP contribution in [0.25, 0.3) is 0 Å². The Morgan fingerprint density at radius 3 is 2.41 bits per heavy atom. The number of hydrogen-bond donors (Lipinski definition) is 1. The third-order valence-electron chi connectivity index (χ3n) is 6.08. The fourth-order valence-corrected chi connectivity index (χ4v) is 4.47. The van der Waals surface area contributed by atoms with Crippen LogP contribution in [0, 0.1) is 5.92 Å². The van der Waals surface area contributed by atoms with Gasteiger partial charge in [-0.25, -0.2) is 0 Å². The van der Waals surface area contributed by atoms with E-state index >= 15 is 0 Å². The third kappa shape index (κ3) is 5.60. The average Bonchev–Trinajstić information content (AvgIpc) is 3.23. The highest BCUT2D eigenvalue weighted by atomic mass is 16.5. The predicted molar refractivity (Wildman–Crippen MR) is 117 cm³/mol. The molecule has 0 spiro atoms. The number of amides is 1. The lowest BCUT2D eigenvalue weighted by Gasteiger charge is -2.30. The van der Waals surface area contributed by atoms with Gasteiger partial charge in [-0.1, -0.05) is 19.1 Å². The maximum Gasteiger partial charge on any atom is 0.255 e. The van der Waals surface area contributed by atoms with Crippen molar-refractivity contribution in [3.05, 3.63) is 59.7 Å². The van der Waals surface area contributed by atoms with E-state index in [-0.39, 0.29) is 5.91 Å². The van der Waals surface area contributed by atoms with Gasteiger partial charge in [-0.3, -0.25) is 9.69 Å². The molecule has 1 atom stereocenters. The number of anilines is 1. The molecule has 1 saturated carbocycles. The molecule has 1 saturated heterocycles. The van der Waals surface area contributed by atoms with Crippen LogP contribution in [0.3, 0.4) is 0 Å². The van der Waals surface area contributed by atoms with Crippen LogP contribution in [0.4, 0.5) is 5.69 Å². The molecule has 29 heavy (non-hydrogen) atoms. The van der Waals surface area contributed by atoms with E-state index in [1.807, 2.05) is 36.4 Å². The largest absolute Gasteiger partial charge is 0.490 e. The van der Waals surface area contributed by atoms with E-state index in [0.29, 0.717) is 11.7 Å². The molecule has 1 aliphatic heterocycles. The molecule has 1 amide bonds. The Kier molecular flexibility index (Phi) is 6.50. The van der Waals surface area contributed by atoms with Crippen LogP contribution in [0.2, 0.25) is 0 Å². The summed E-state index contributed by atoms with van der Waals surface area (Å²) in [5.41, 5.74) is 2.75. The zero-order chi connectivity index (χ0) is 20.1. The summed E-state index contributed by atoms with van der Waals surface area (Å²) in [6, 6.07) is 15.7. The molecule has 4 nitrogen and oxygen atoms in total. The number of ether oxygens (including phenoxy) is 1. The van der Waals surface area contributed by atoms with Gasteiger partial charge in [0.05, 0.1) is 6.10 Å². The SMILES string of the molecule is C[C@@H]1CCCN(Cc2ccc(C(=O)Nc3ccc(OC4CCCC4)cc3)cc2)C1. The van der Waals surface area contributed by atoms with E-state index in [1.54, 1.807) is 0 Å². The minimum absolute atomic E-state index is 0.0763. The molecule has 154 valence electrons. The summed E-state index contributed by atoms with van der Waals surface area (Å²) >= 11 is 0. The molecule has 0 unspecified atom stereocenters. The van der Waals surface area contributed by atoms with Crippen LogP contribution in [0.15, 0.2) is 48.5 Å². The van der Waals surface area contributed by atoms with Gasteiger partial charge in [-0.15, -0.1) is 0 Å². The van der Waals surface area contributed by atoms with Crippen LogP contribution >= 0.6 is 0 Å². The fraction of sp³-hybridized carbons (Fsp3) is 0.480. The van der Waals surface area contributed by atoms with Crippen molar-refractivity contribution in [2.24, 2.45) is 5.92 Å². The second kappa shape index (κ2) is 9.45. The molecule has 2 aromatic rings. The summed E-state index contributed by atoms with van der Waals surface area (Å²) in [5, 5.41) is 2.98. The zero-order valence-electron chi connectivity index (χ0n) is 17.4. The van der Waals surface area contributed by atoms with Crippen molar-refractivity contribution < 1.29 is 9.53 Å². The van der Waals surface area contributed by atoms with Gasteiger partial charge in [0.1, 0.15) is 5.75 Å². The minimum Gasteiger partial charge on any atom is -0.490 e. The molecule has 4 rings (SSSR count). The number of carbonyl (C=O) groups is 1. The lowest BCUT2D eigenvalue weighted by molar-refractivity contribution is 0.102. The number of nitrogens with zero attached hydrogens (tertiary/aromatic N) is 1. The smallest absolute Gasteiger partial charge is 0.255 e. The monoisotopic (exact) mass is 392 g/mol. The number of nitrogens with one attached hydrogen (secondary N) is 1. The number of hydrogen-bond acceptors (Lipinski definition) is 3. The van der Waals surface area contributed by atoms with Crippen molar-refractivity contribution in [2.75, 3.05) is 18.4 Å². The summed E-state index contributed by atoms with van der Waals surface area (Å²) in [7, 11) is 0. The van der Waals surface area contributed by atoms with Crippen molar-refractivity contribution in [1.82, 2.24) is 4.90 Å². The summed E-state index contributed by atoms with van der Waals surface area (Å²) in [5.74, 6) is 1.59. The molecular formula is C25H32N2O2. The Morgan fingerprint density at radius 2 is 1.72 bits per heavy atom. The second-order valence-corrected chi connectivity index (χ2v) is 8.68. The van der Waals surface area contributed by atoms with Gasteiger partial charge in [0.15, 0.2) is 0 Å². The Balaban J connectivity index is 1.29.